The SMILES string of the molecule is COc1nc(OC)c2c(-c3ccccc3)c(-c3ccc(C4(NC(=O)OC(C)(C)C)CCC4)cc3)oc2n1. The maximum absolute atomic E-state index is 12.6. The lowest BCUT2D eigenvalue weighted by molar-refractivity contribution is 0.0377. The molecule has 0 bridgehead atoms. The number of methoxy groups -OCH3 is 2. The van der Waals surface area contributed by atoms with E-state index in [1.807, 2.05) is 75.4 Å². The molecule has 0 aliphatic heterocycles. The molecule has 1 aliphatic rings. The monoisotopic (exact) mass is 501 g/mol. The highest BCUT2D eigenvalue weighted by molar-refractivity contribution is 6.03. The van der Waals surface area contributed by atoms with Gasteiger partial charge in [0.2, 0.25) is 11.6 Å². The minimum absolute atomic E-state index is 0.166. The van der Waals surface area contributed by atoms with Gasteiger partial charge in [0.05, 0.1) is 19.8 Å². The molecule has 2 heterocycles. The summed E-state index contributed by atoms with van der Waals surface area (Å²) in [6.45, 7) is 5.59. The molecule has 0 saturated heterocycles. The van der Waals surface area contributed by atoms with Crippen molar-refractivity contribution in [3.63, 3.8) is 0 Å². The molecule has 1 N–H and O–H groups in total. The number of alkyl carbamates (subject to hydrolysis) is 1. The fraction of sp³-hybridized carbons (Fsp3) is 0.345. The zero-order chi connectivity index (χ0) is 26.2. The fourth-order valence-electron chi connectivity index (χ4n) is 4.73. The lowest BCUT2D eigenvalue weighted by Gasteiger charge is -2.43. The van der Waals surface area contributed by atoms with Crippen molar-refractivity contribution in [1.82, 2.24) is 15.3 Å². The standard InChI is InChI=1S/C29H31N3O5/c1-28(2,3)37-27(33)32-29(16-9-17-29)20-14-12-19(13-15-20)23-21(18-10-7-6-8-11-18)22-24(34-4)30-26(35-5)31-25(22)36-23/h6-8,10-15H,9,16-17H2,1-5H3,(H,32,33). The largest absolute Gasteiger partial charge is 0.480 e. The summed E-state index contributed by atoms with van der Waals surface area (Å²) >= 11 is 0. The smallest absolute Gasteiger partial charge is 0.408 e. The van der Waals surface area contributed by atoms with Gasteiger partial charge >= 0.3 is 12.1 Å². The van der Waals surface area contributed by atoms with Gasteiger partial charge in [0, 0.05) is 11.1 Å². The first kappa shape index (κ1) is 24.6. The quantitative estimate of drug-likeness (QED) is 0.323. The van der Waals surface area contributed by atoms with Crippen molar-refractivity contribution in [2.24, 2.45) is 0 Å². The highest BCUT2D eigenvalue weighted by Crippen LogP contribution is 2.46. The van der Waals surface area contributed by atoms with E-state index in [1.165, 1.54) is 7.11 Å². The van der Waals surface area contributed by atoms with E-state index in [4.69, 9.17) is 18.6 Å². The first-order valence-corrected chi connectivity index (χ1v) is 12.3. The Bertz CT molecular complexity index is 1420. The third kappa shape index (κ3) is 4.71. The Morgan fingerprint density at radius 1 is 0.946 bits per heavy atom. The topological polar surface area (TPSA) is 95.7 Å². The van der Waals surface area contributed by atoms with Gasteiger partial charge in [-0.15, -0.1) is 0 Å². The molecule has 37 heavy (non-hydrogen) atoms. The molecule has 4 aromatic rings. The normalized spacial score (nSPS) is 14.6. The second kappa shape index (κ2) is 9.42. The van der Waals surface area contributed by atoms with Crippen molar-refractivity contribution in [3.05, 3.63) is 60.2 Å². The second-order valence-electron chi connectivity index (χ2n) is 10.2. The summed E-state index contributed by atoms with van der Waals surface area (Å²) in [4.78, 5) is 21.4. The number of fused-ring (bicyclic) bond motifs is 1. The molecular formula is C29H31N3O5. The zero-order valence-electron chi connectivity index (χ0n) is 21.8. The zero-order valence-corrected chi connectivity index (χ0v) is 21.8. The Labute approximate surface area is 216 Å². The van der Waals surface area contributed by atoms with Crippen molar-refractivity contribution in [1.29, 1.82) is 0 Å². The number of aromatic nitrogens is 2. The van der Waals surface area contributed by atoms with Crippen LogP contribution in [0.3, 0.4) is 0 Å². The Balaban J connectivity index is 1.57. The van der Waals surface area contributed by atoms with Gasteiger partial charge in [0.1, 0.15) is 16.7 Å². The van der Waals surface area contributed by atoms with Crippen LogP contribution in [0.25, 0.3) is 33.6 Å². The van der Waals surface area contributed by atoms with Gasteiger partial charge in [0.15, 0.2) is 0 Å². The van der Waals surface area contributed by atoms with Crippen molar-refractivity contribution in [2.45, 2.75) is 51.2 Å². The van der Waals surface area contributed by atoms with Gasteiger partial charge in [-0.2, -0.15) is 9.97 Å². The van der Waals surface area contributed by atoms with E-state index in [0.29, 0.717) is 22.7 Å². The fourth-order valence-corrected chi connectivity index (χ4v) is 4.73. The molecular weight excluding hydrogens is 470 g/mol. The summed E-state index contributed by atoms with van der Waals surface area (Å²) in [5.41, 5.74) is 3.09. The number of hydrogen-bond donors (Lipinski definition) is 1. The maximum atomic E-state index is 12.6. The van der Waals surface area contributed by atoms with E-state index < -0.39 is 17.2 Å². The Hall–Kier alpha value is -4.07. The summed E-state index contributed by atoms with van der Waals surface area (Å²) < 4.78 is 22.7. The number of rotatable bonds is 6. The van der Waals surface area contributed by atoms with Gasteiger partial charge in [-0.3, -0.25) is 0 Å². The van der Waals surface area contributed by atoms with Crippen LogP contribution in [0.5, 0.6) is 11.9 Å². The number of carbonyl (C=O) groups is 1. The first-order valence-electron chi connectivity index (χ1n) is 12.3. The van der Waals surface area contributed by atoms with Gasteiger partial charge in [0.25, 0.3) is 0 Å². The molecule has 0 unspecified atom stereocenters. The van der Waals surface area contributed by atoms with Crippen LogP contribution in [0.2, 0.25) is 0 Å². The predicted octanol–water partition coefficient (Wildman–Crippen LogP) is 6.48. The Morgan fingerprint density at radius 2 is 1.65 bits per heavy atom. The van der Waals surface area contributed by atoms with E-state index in [0.717, 1.165) is 41.5 Å². The summed E-state index contributed by atoms with van der Waals surface area (Å²) in [6.07, 6.45) is 2.36. The second-order valence-corrected chi connectivity index (χ2v) is 10.2. The van der Waals surface area contributed by atoms with Gasteiger partial charge < -0.3 is 23.9 Å². The van der Waals surface area contributed by atoms with Crippen LogP contribution >= 0.6 is 0 Å². The molecule has 1 amide bonds. The van der Waals surface area contributed by atoms with Crippen LogP contribution in [-0.2, 0) is 10.3 Å². The van der Waals surface area contributed by atoms with Crippen LogP contribution in [0.4, 0.5) is 4.79 Å². The Kier molecular flexibility index (Phi) is 6.27. The average molecular weight is 502 g/mol. The van der Waals surface area contributed by atoms with Crippen LogP contribution in [0.1, 0.15) is 45.6 Å². The van der Waals surface area contributed by atoms with E-state index in [9.17, 15) is 4.79 Å². The molecule has 1 aliphatic carbocycles. The van der Waals surface area contributed by atoms with Gasteiger partial charge in [-0.25, -0.2) is 4.79 Å². The maximum Gasteiger partial charge on any atom is 0.408 e. The Morgan fingerprint density at radius 3 is 2.22 bits per heavy atom. The highest BCUT2D eigenvalue weighted by atomic mass is 16.6. The molecule has 2 aromatic heterocycles. The van der Waals surface area contributed by atoms with Crippen LogP contribution in [-0.4, -0.2) is 35.9 Å². The third-order valence-corrected chi connectivity index (χ3v) is 6.58. The first-order chi connectivity index (χ1) is 17.7. The van der Waals surface area contributed by atoms with Gasteiger partial charge in [-0.05, 0) is 51.2 Å². The number of amides is 1. The number of benzene rings is 2. The highest BCUT2D eigenvalue weighted by Gasteiger charge is 2.41. The molecule has 192 valence electrons. The number of ether oxygens (including phenoxy) is 3. The summed E-state index contributed by atoms with van der Waals surface area (Å²) in [5.74, 6) is 1.03. The predicted molar refractivity (Wildman–Crippen MR) is 141 cm³/mol. The third-order valence-electron chi connectivity index (χ3n) is 6.58. The van der Waals surface area contributed by atoms with Crippen molar-refractivity contribution in [3.8, 4) is 34.3 Å². The number of carbonyl (C=O) groups excluding carboxylic acids is 1. The van der Waals surface area contributed by atoms with Gasteiger partial charge in [-0.1, -0.05) is 54.6 Å². The molecule has 0 atom stereocenters. The van der Waals surface area contributed by atoms with E-state index in [-0.39, 0.29) is 6.01 Å². The molecule has 1 fully saturated rings. The van der Waals surface area contributed by atoms with E-state index in [2.05, 4.69) is 15.3 Å². The van der Waals surface area contributed by atoms with Crippen molar-refractivity contribution in [2.75, 3.05) is 14.2 Å². The minimum atomic E-state index is -0.555. The molecule has 0 spiro atoms. The summed E-state index contributed by atoms with van der Waals surface area (Å²) in [7, 11) is 3.07. The minimum Gasteiger partial charge on any atom is -0.480 e. The molecule has 1 saturated carbocycles. The van der Waals surface area contributed by atoms with Crippen LogP contribution in [0, 0.1) is 0 Å². The summed E-state index contributed by atoms with van der Waals surface area (Å²) in [6, 6.07) is 18.2. The lowest BCUT2D eigenvalue weighted by atomic mass is 9.71. The number of nitrogens with one attached hydrogen (secondary N) is 1. The molecule has 8 heteroatoms. The van der Waals surface area contributed by atoms with Crippen LogP contribution in [0.15, 0.2) is 59.0 Å². The summed E-state index contributed by atoms with van der Waals surface area (Å²) in [5, 5.41) is 3.79. The van der Waals surface area contributed by atoms with Crippen LogP contribution < -0.4 is 14.8 Å². The van der Waals surface area contributed by atoms with E-state index >= 15 is 0 Å². The molecule has 8 nitrogen and oxygen atoms in total. The van der Waals surface area contributed by atoms with Crippen molar-refractivity contribution < 1.29 is 23.4 Å². The number of hydrogen-bond acceptors (Lipinski definition) is 7. The average Bonchev–Trinajstić information content (AvgIpc) is 3.25. The molecule has 2 aromatic carbocycles. The number of furan rings is 1. The van der Waals surface area contributed by atoms with Crippen molar-refractivity contribution >= 4 is 17.2 Å². The molecule has 5 rings (SSSR count). The number of nitrogens with zero attached hydrogens (tertiary/aromatic N) is 2. The molecule has 0 radical (unpaired) electrons. The van der Waals surface area contributed by atoms with E-state index in [1.54, 1.807) is 7.11 Å². The lowest BCUT2D eigenvalue weighted by Crippen LogP contribution is -2.52.